The van der Waals surface area contributed by atoms with E-state index < -0.39 is 5.41 Å². The highest BCUT2D eigenvalue weighted by molar-refractivity contribution is 6.06. The Morgan fingerprint density at radius 3 is 2.55 bits per heavy atom. The second-order valence-electron chi connectivity index (χ2n) is 5.82. The van der Waals surface area contributed by atoms with Crippen molar-refractivity contribution < 1.29 is 14.7 Å². The largest absolute Gasteiger partial charge is 0.409 e. The van der Waals surface area contributed by atoms with Crippen molar-refractivity contribution in [3.63, 3.8) is 0 Å². The molecule has 2 atom stereocenters. The smallest absolute Gasteiger partial charge is 0.234 e. The molecule has 0 aromatic carbocycles. The number of carbonyl (C=O) groups excluding carboxylic acids is 1. The number of amides is 1. The number of hydrogen-bond donors (Lipinski definition) is 3. The molecule has 2 unspecified atom stereocenters. The lowest BCUT2D eigenvalue weighted by Gasteiger charge is -2.31. The van der Waals surface area contributed by atoms with Crippen molar-refractivity contribution >= 4 is 11.7 Å². The van der Waals surface area contributed by atoms with Gasteiger partial charge in [-0.05, 0) is 38.0 Å². The number of nitrogens with two attached hydrogens (primary N) is 1. The second kappa shape index (κ2) is 5.99. The Morgan fingerprint density at radius 2 is 2.05 bits per heavy atom. The molecule has 1 heterocycles. The van der Waals surface area contributed by atoms with E-state index in [0.29, 0.717) is 25.4 Å². The molecular formula is C14H25N3O3. The van der Waals surface area contributed by atoms with Gasteiger partial charge in [-0.2, -0.15) is 0 Å². The molecule has 0 aromatic heterocycles. The molecule has 1 amide bonds. The van der Waals surface area contributed by atoms with Crippen LogP contribution in [0.25, 0.3) is 0 Å². The topological polar surface area (TPSA) is 96.9 Å². The summed E-state index contributed by atoms with van der Waals surface area (Å²) in [6.45, 7) is 4.45. The van der Waals surface area contributed by atoms with Crippen LogP contribution in [0.15, 0.2) is 5.16 Å². The first-order valence-electron chi connectivity index (χ1n) is 7.49. The van der Waals surface area contributed by atoms with E-state index in [2.05, 4.69) is 10.5 Å². The Hall–Kier alpha value is -1.30. The van der Waals surface area contributed by atoms with Crippen LogP contribution in [0.1, 0.15) is 46.0 Å². The summed E-state index contributed by atoms with van der Waals surface area (Å²) < 4.78 is 5.73. The van der Waals surface area contributed by atoms with Crippen molar-refractivity contribution in [2.75, 3.05) is 6.61 Å². The van der Waals surface area contributed by atoms with Gasteiger partial charge < -0.3 is 21.0 Å². The maximum Gasteiger partial charge on any atom is 0.234 e. The van der Waals surface area contributed by atoms with Gasteiger partial charge in [-0.3, -0.25) is 4.79 Å². The molecule has 0 aromatic rings. The highest BCUT2D eigenvalue weighted by Gasteiger charge is 2.45. The van der Waals surface area contributed by atoms with E-state index in [4.69, 9.17) is 15.7 Å². The molecule has 0 radical (unpaired) electrons. The molecule has 1 aliphatic carbocycles. The van der Waals surface area contributed by atoms with E-state index in [9.17, 15) is 4.79 Å². The minimum Gasteiger partial charge on any atom is -0.409 e. The molecule has 1 saturated heterocycles. The van der Waals surface area contributed by atoms with Crippen LogP contribution in [0.2, 0.25) is 0 Å². The van der Waals surface area contributed by atoms with Crippen LogP contribution in [0.3, 0.4) is 0 Å². The summed E-state index contributed by atoms with van der Waals surface area (Å²) >= 11 is 0. The average Bonchev–Trinajstić information content (AvgIpc) is 3.21. The monoisotopic (exact) mass is 283 g/mol. The summed E-state index contributed by atoms with van der Waals surface area (Å²) in [6, 6.07) is 0.0546. The number of nitrogens with one attached hydrogen (secondary N) is 1. The molecule has 1 saturated carbocycles. The lowest BCUT2D eigenvalue weighted by atomic mass is 9.79. The van der Waals surface area contributed by atoms with Crippen molar-refractivity contribution in [2.45, 2.75) is 58.1 Å². The quantitative estimate of drug-likeness (QED) is 0.295. The van der Waals surface area contributed by atoms with E-state index in [1.54, 1.807) is 0 Å². The van der Waals surface area contributed by atoms with Gasteiger partial charge in [0.1, 0.15) is 5.41 Å². The lowest BCUT2D eigenvalue weighted by Crippen LogP contribution is -2.53. The van der Waals surface area contributed by atoms with Gasteiger partial charge in [0.2, 0.25) is 5.91 Å². The molecule has 6 heteroatoms. The fourth-order valence-corrected chi connectivity index (χ4v) is 3.11. The molecular weight excluding hydrogens is 258 g/mol. The summed E-state index contributed by atoms with van der Waals surface area (Å²) in [5, 5.41) is 15.1. The predicted molar refractivity (Wildman–Crippen MR) is 75.4 cm³/mol. The van der Waals surface area contributed by atoms with Gasteiger partial charge in [-0.1, -0.05) is 19.0 Å². The van der Waals surface area contributed by atoms with Gasteiger partial charge >= 0.3 is 0 Å². The van der Waals surface area contributed by atoms with Gasteiger partial charge in [0.25, 0.3) is 0 Å². The number of carbonyl (C=O) groups is 1. The van der Waals surface area contributed by atoms with Crippen molar-refractivity contribution in [1.82, 2.24) is 5.32 Å². The van der Waals surface area contributed by atoms with E-state index in [1.165, 1.54) is 12.8 Å². The third kappa shape index (κ3) is 2.61. The fourth-order valence-electron chi connectivity index (χ4n) is 3.11. The van der Waals surface area contributed by atoms with Crippen LogP contribution in [0, 0.1) is 11.3 Å². The van der Waals surface area contributed by atoms with E-state index in [0.717, 1.165) is 6.42 Å². The Labute approximate surface area is 119 Å². The summed E-state index contributed by atoms with van der Waals surface area (Å²) in [5.74, 6) is 0.421. The van der Waals surface area contributed by atoms with Gasteiger partial charge in [0.05, 0.1) is 12.1 Å². The summed E-state index contributed by atoms with van der Waals surface area (Å²) in [6.07, 6.45) is 4.36. The Bertz CT molecular complexity index is 389. The lowest BCUT2D eigenvalue weighted by molar-refractivity contribution is -0.129. The third-order valence-electron chi connectivity index (χ3n) is 4.78. The zero-order valence-electron chi connectivity index (χ0n) is 12.3. The number of hydrogen-bond acceptors (Lipinski definition) is 4. The van der Waals surface area contributed by atoms with E-state index >= 15 is 0 Å². The second-order valence-corrected chi connectivity index (χ2v) is 5.82. The maximum atomic E-state index is 12.6. The third-order valence-corrected chi connectivity index (χ3v) is 4.78. The van der Waals surface area contributed by atoms with Gasteiger partial charge in [0, 0.05) is 6.61 Å². The Balaban J connectivity index is 2.08. The Kier molecular flexibility index (Phi) is 4.52. The first-order valence-corrected chi connectivity index (χ1v) is 7.49. The van der Waals surface area contributed by atoms with Gasteiger partial charge in [-0.25, -0.2) is 0 Å². The van der Waals surface area contributed by atoms with Crippen molar-refractivity contribution in [1.29, 1.82) is 0 Å². The zero-order valence-corrected chi connectivity index (χ0v) is 12.3. The normalized spacial score (nSPS) is 27.6. The van der Waals surface area contributed by atoms with Crippen molar-refractivity contribution in [3.05, 3.63) is 0 Å². The summed E-state index contributed by atoms with van der Waals surface area (Å²) in [5.41, 5.74) is 4.84. The van der Waals surface area contributed by atoms with Gasteiger partial charge in [0.15, 0.2) is 5.84 Å². The number of nitrogens with zero attached hydrogens (tertiary/aromatic N) is 1. The van der Waals surface area contributed by atoms with E-state index in [1.807, 2.05) is 13.8 Å². The summed E-state index contributed by atoms with van der Waals surface area (Å²) in [4.78, 5) is 12.6. The highest BCUT2D eigenvalue weighted by Crippen LogP contribution is 2.39. The van der Waals surface area contributed by atoms with E-state index in [-0.39, 0.29) is 23.9 Å². The molecule has 2 fully saturated rings. The van der Waals surface area contributed by atoms with Crippen LogP contribution in [-0.2, 0) is 9.53 Å². The number of amidine groups is 1. The molecule has 114 valence electrons. The van der Waals surface area contributed by atoms with Crippen LogP contribution in [-0.4, -0.2) is 35.7 Å². The predicted octanol–water partition coefficient (Wildman–Crippen LogP) is 1.22. The van der Waals surface area contributed by atoms with Crippen LogP contribution in [0.5, 0.6) is 0 Å². The molecule has 2 rings (SSSR count). The number of ether oxygens (including phenoxy) is 1. The average molecular weight is 283 g/mol. The van der Waals surface area contributed by atoms with Crippen LogP contribution in [0.4, 0.5) is 0 Å². The molecule has 4 N–H and O–H groups in total. The maximum absolute atomic E-state index is 12.6. The molecule has 0 bridgehead atoms. The number of rotatable bonds is 6. The fraction of sp³-hybridized carbons (Fsp3) is 0.857. The SMILES string of the molecule is CCC(CC)(C(=O)NC1CCOC1C1CC1)C(N)=NO. The number of oxime groups is 1. The van der Waals surface area contributed by atoms with Crippen molar-refractivity contribution in [2.24, 2.45) is 22.2 Å². The minimum absolute atomic E-state index is 0.0121. The standard InChI is InChI=1S/C14H25N3O3/c1-3-14(4-2,12(15)17-19)13(18)16-10-7-8-20-11(10)9-5-6-9/h9-11,19H,3-8H2,1-2H3,(H2,15,17)(H,16,18). The molecule has 2 aliphatic rings. The first-order chi connectivity index (χ1) is 9.58. The van der Waals surface area contributed by atoms with Gasteiger partial charge in [-0.15, -0.1) is 0 Å². The first kappa shape index (κ1) is 15.1. The molecule has 6 nitrogen and oxygen atoms in total. The molecule has 0 spiro atoms. The molecule has 20 heavy (non-hydrogen) atoms. The zero-order chi connectivity index (χ0) is 14.8. The van der Waals surface area contributed by atoms with Crippen molar-refractivity contribution in [3.8, 4) is 0 Å². The highest BCUT2D eigenvalue weighted by atomic mass is 16.5. The minimum atomic E-state index is -0.925. The van der Waals surface area contributed by atoms with Crippen LogP contribution < -0.4 is 11.1 Å². The Morgan fingerprint density at radius 1 is 1.40 bits per heavy atom. The molecule has 1 aliphatic heterocycles. The summed E-state index contributed by atoms with van der Waals surface area (Å²) in [7, 11) is 0. The van der Waals surface area contributed by atoms with Crippen LogP contribution >= 0.6 is 0 Å².